The van der Waals surface area contributed by atoms with E-state index in [2.05, 4.69) is 5.32 Å². The maximum atomic E-state index is 12.6. The van der Waals surface area contributed by atoms with E-state index in [1.54, 1.807) is 32.4 Å². The third-order valence-electron chi connectivity index (χ3n) is 3.69. The van der Waals surface area contributed by atoms with Crippen LogP contribution in [0.2, 0.25) is 0 Å². The molecule has 0 radical (unpaired) electrons. The highest BCUT2D eigenvalue weighted by atomic mass is 16.5. The van der Waals surface area contributed by atoms with E-state index in [-0.39, 0.29) is 18.1 Å². The van der Waals surface area contributed by atoms with Gasteiger partial charge < -0.3 is 19.5 Å². The van der Waals surface area contributed by atoms with Crippen LogP contribution in [0.25, 0.3) is 0 Å². The number of benzene rings is 2. The Labute approximate surface area is 148 Å². The average Bonchev–Trinajstić information content (AvgIpc) is 2.60. The Morgan fingerprint density at radius 2 is 1.56 bits per heavy atom. The van der Waals surface area contributed by atoms with Gasteiger partial charge in [0.05, 0.1) is 26.4 Å². The van der Waals surface area contributed by atoms with Crippen LogP contribution in [0.5, 0.6) is 17.2 Å². The summed E-state index contributed by atoms with van der Waals surface area (Å²) >= 11 is 0. The number of methoxy groups -OCH3 is 2. The molecule has 0 fully saturated rings. The summed E-state index contributed by atoms with van der Waals surface area (Å²) in [4.78, 5) is 12.6. The predicted octanol–water partition coefficient (Wildman–Crippen LogP) is 3.98. The van der Waals surface area contributed by atoms with E-state index in [4.69, 9.17) is 14.2 Å². The van der Waals surface area contributed by atoms with Crippen LogP contribution in [-0.2, 0) is 0 Å². The second-order valence-electron chi connectivity index (χ2n) is 6.04. The summed E-state index contributed by atoms with van der Waals surface area (Å²) < 4.78 is 16.1. The van der Waals surface area contributed by atoms with Crippen LogP contribution in [0.15, 0.2) is 42.5 Å². The highest BCUT2D eigenvalue weighted by Gasteiger charge is 2.14. The summed E-state index contributed by atoms with van der Waals surface area (Å²) in [6.07, 6.45) is 0.101. The van der Waals surface area contributed by atoms with Crippen LogP contribution in [0, 0.1) is 0 Å². The van der Waals surface area contributed by atoms with Crippen LogP contribution in [-0.4, -0.2) is 26.2 Å². The van der Waals surface area contributed by atoms with E-state index in [9.17, 15) is 4.79 Å². The third kappa shape index (κ3) is 5.14. The van der Waals surface area contributed by atoms with E-state index in [1.165, 1.54) is 0 Å². The summed E-state index contributed by atoms with van der Waals surface area (Å²) in [7, 11) is 3.11. The van der Waals surface area contributed by atoms with E-state index in [1.807, 2.05) is 45.0 Å². The number of amides is 1. The lowest BCUT2D eigenvalue weighted by molar-refractivity contribution is 0.0939. The number of carbonyl (C=O) groups excluding carboxylic acids is 1. The molecule has 0 aliphatic carbocycles. The molecule has 134 valence electrons. The van der Waals surface area contributed by atoms with Crippen molar-refractivity contribution in [1.82, 2.24) is 5.32 Å². The van der Waals surface area contributed by atoms with Crippen LogP contribution in [0.4, 0.5) is 0 Å². The van der Waals surface area contributed by atoms with Gasteiger partial charge in [0.25, 0.3) is 5.91 Å². The van der Waals surface area contributed by atoms with Gasteiger partial charge in [-0.1, -0.05) is 12.1 Å². The van der Waals surface area contributed by atoms with Gasteiger partial charge in [0.15, 0.2) is 0 Å². The molecule has 2 rings (SSSR count). The van der Waals surface area contributed by atoms with Crippen molar-refractivity contribution in [2.24, 2.45) is 0 Å². The molecule has 5 nitrogen and oxygen atoms in total. The van der Waals surface area contributed by atoms with Gasteiger partial charge in [-0.15, -0.1) is 0 Å². The van der Waals surface area contributed by atoms with Gasteiger partial charge in [0, 0.05) is 11.6 Å². The Morgan fingerprint density at radius 1 is 0.920 bits per heavy atom. The van der Waals surface area contributed by atoms with Crippen LogP contribution in [0.3, 0.4) is 0 Å². The first-order valence-corrected chi connectivity index (χ1v) is 8.23. The Hall–Kier alpha value is -2.69. The molecule has 0 aliphatic heterocycles. The molecule has 0 aromatic heterocycles. The first kappa shape index (κ1) is 18.6. The zero-order valence-electron chi connectivity index (χ0n) is 15.3. The lowest BCUT2D eigenvalue weighted by atomic mass is 10.1. The van der Waals surface area contributed by atoms with E-state index in [0.29, 0.717) is 17.1 Å². The molecule has 1 unspecified atom stereocenters. The lowest BCUT2D eigenvalue weighted by Crippen LogP contribution is -2.26. The van der Waals surface area contributed by atoms with Crippen molar-refractivity contribution in [2.75, 3.05) is 14.2 Å². The standard InChI is InChI=1S/C20H25NO4/c1-13(2)25-17-8-6-7-15(9-17)14(3)21-20(22)16-10-18(23-4)12-19(11-16)24-5/h6-14H,1-5H3,(H,21,22). The molecule has 0 saturated heterocycles. The molecule has 2 aromatic rings. The Kier molecular flexibility index (Phi) is 6.28. The van der Waals surface area contributed by atoms with Crippen molar-refractivity contribution in [3.05, 3.63) is 53.6 Å². The molecule has 1 N–H and O–H groups in total. The number of hydrogen-bond acceptors (Lipinski definition) is 4. The first-order chi connectivity index (χ1) is 11.9. The fourth-order valence-electron chi connectivity index (χ4n) is 2.43. The SMILES string of the molecule is COc1cc(OC)cc(C(=O)NC(C)c2cccc(OC(C)C)c2)c1. The zero-order valence-corrected chi connectivity index (χ0v) is 15.3. The number of carbonyl (C=O) groups is 1. The summed E-state index contributed by atoms with van der Waals surface area (Å²) in [6, 6.07) is 12.7. The second-order valence-corrected chi connectivity index (χ2v) is 6.04. The van der Waals surface area contributed by atoms with Gasteiger partial charge >= 0.3 is 0 Å². The lowest BCUT2D eigenvalue weighted by Gasteiger charge is -2.17. The molecule has 0 saturated carbocycles. The Balaban J connectivity index is 2.15. The van der Waals surface area contributed by atoms with Crippen molar-refractivity contribution in [2.45, 2.75) is 32.9 Å². The highest BCUT2D eigenvalue weighted by molar-refractivity contribution is 5.95. The molecule has 25 heavy (non-hydrogen) atoms. The minimum atomic E-state index is -0.195. The molecule has 0 heterocycles. The number of ether oxygens (including phenoxy) is 3. The Morgan fingerprint density at radius 3 is 2.12 bits per heavy atom. The molecule has 1 amide bonds. The first-order valence-electron chi connectivity index (χ1n) is 8.23. The normalized spacial score (nSPS) is 11.8. The van der Waals surface area contributed by atoms with Crippen LogP contribution >= 0.6 is 0 Å². The van der Waals surface area contributed by atoms with Crippen molar-refractivity contribution >= 4 is 5.91 Å². The maximum absolute atomic E-state index is 12.6. The van der Waals surface area contributed by atoms with Crippen molar-refractivity contribution < 1.29 is 19.0 Å². The molecule has 5 heteroatoms. The minimum absolute atomic E-state index is 0.101. The summed E-state index contributed by atoms with van der Waals surface area (Å²) in [5.74, 6) is 1.74. The minimum Gasteiger partial charge on any atom is -0.497 e. The van der Waals surface area contributed by atoms with Gasteiger partial charge in [-0.25, -0.2) is 0 Å². The molecule has 0 spiro atoms. The average molecular weight is 343 g/mol. The number of hydrogen-bond donors (Lipinski definition) is 1. The summed E-state index contributed by atoms with van der Waals surface area (Å²) in [5, 5.41) is 2.99. The predicted molar refractivity (Wildman–Crippen MR) is 97.6 cm³/mol. The summed E-state index contributed by atoms with van der Waals surface area (Å²) in [5.41, 5.74) is 1.46. The fourth-order valence-corrected chi connectivity index (χ4v) is 2.43. The number of nitrogens with one attached hydrogen (secondary N) is 1. The van der Waals surface area contributed by atoms with Crippen molar-refractivity contribution in [3.63, 3.8) is 0 Å². The van der Waals surface area contributed by atoms with Gasteiger partial charge in [-0.05, 0) is 50.6 Å². The molecular formula is C20H25NO4. The highest BCUT2D eigenvalue weighted by Crippen LogP contribution is 2.24. The smallest absolute Gasteiger partial charge is 0.252 e. The summed E-state index contributed by atoms with van der Waals surface area (Å²) in [6.45, 7) is 5.89. The van der Waals surface area contributed by atoms with Crippen LogP contribution in [0.1, 0.15) is 42.7 Å². The van der Waals surface area contributed by atoms with E-state index < -0.39 is 0 Å². The fraction of sp³-hybridized carbons (Fsp3) is 0.350. The van der Waals surface area contributed by atoms with Gasteiger partial charge in [0.1, 0.15) is 17.2 Å². The maximum Gasteiger partial charge on any atom is 0.252 e. The van der Waals surface area contributed by atoms with Gasteiger partial charge in [0.2, 0.25) is 0 Å². The Bertz CT molecular complexity index is 705. The van der Waals surface area contributed by atoms with Crippen LogP contribution < -0.4 is 19.5 Å². The van der Waals surface area contributed by atoms with Crippen molar-refractivity contribution in [3.8, 4) is 17.2 Å². The largest absolute Gasteiger partial charge is 0.497 e. The molecule has 2 aromatic carbocycles. The third-order valence-corrected chi connectivity index (χ3v) is 3.69. The van der Waals surface area contributed by atoms with E-state index in [0.717, 1.165) is 11.3 Å². The quantitative estimate of drug-likeness (QED) is 0.826. The van der Waals surface area contributed by atoms with E-state index >= 15 is 0 Å². The topological polar surface area (TPSA) is 56.8 Å². The molecule has 0 aliphatic rings. The van der Waals surface area contributed by atoms with Gasteiger partial charge in [-0.3, -0.25) is 4.79 Å². The molecule has 1 atom stereocenters. The van der Waals surface area contributed by atoms with Crippen molar-refractivity contribution in [1.29, 1.82) is 0 Å². The number of rotatable bonds is 7. The van der Waals surface area contributed by atoms with Gasteiger partial charge in [-0.2, -0.15) is 0 Å². The molecular weight excluding hydrogens is 318 g/mol. The second kappa shape index (κ2) is 8.42. The monoisotopic (exact) mass is 343 g/mol. The zero-order chi connectivity index (χ0) is 18.4. The molecule has 0 bridgehead atoms.